The Balaban J connectivity index is 1.97. The van der Waals surface area contributed by atoms with Gasteiger partial charge in [0.25, 0.3) is 0 Å². The van der Waals surface area contributed by atoms with Gasteiger partial charge in [-0.1, -0.05) is 26.0 Å². The molecule has 0 saturated carbocycles. The van der Waals surface area contributed by atoms with Gasteiger partial charge in [0, 0.05) is 6.54 Å². The molecule has 2 rings (SSSR count). The third-order valence-electron chi connectivity index (χ3n) is 4.29. The summed E-state index contributed by atoms with van der Waals surface area (Å²) in [6, 6.07) is 10.7. The molecule has 6 heteroatoms. The summed E-state index contributed by atoms with van der Waals surface area (Å²) in [5.74, 6) is -1.46. The standard InChI is InChI=1S/C21H24FNO4/c1-4-23(5-2)13-15-6-8-16(9-7-15)21(25)27-14-19(24)18-12-17(22)10-11-20(18)26-3/h6-12H,4-5,13-14H2,1-3H3. The van der Waals surface area contributed by atoms with Crippen LogP contribution in [0.4, 0.5) is 4.39 Å². The molecule has 0 fully saturated rings. The molecule has 0 unspecified atom stereocenters. The van der Waals surface area contributed by atoms with Gasteiger partial charge in [-0.05, 0) is 49.0 Å². The van der Waals surface area contributed by atoms with Gasteiger partial charge in [0.1, 0.15) is 11.6 Å². The van der Waals surface area contributed by atoms with Crippen molar-refractivity contribution in [3.8, 4) is 5.75 Å². The van der Waals surface area contributed by atoms with Crippen LogP contribution in [0.5, 0.6) is 5.75 Å². The molecule has 0 aliphatic rings. The molecule has 2 aromatic rings. The monoisotopic (exact) mass is 373 g/mol. The number of carbonyl (C=O) groups excluding carboxylic acids is 2. The van der Waals surface area contributed by atoms with Gasteiger partial charge in [0.05, 0.1) is 18.2 Å². The van der Waals surface area contributed by atoms with E-state index in [4.69, 9.17) is 9.47 Å². The SMILES string of the molecule is CCN(CC)Cc1ccc(C(=O)OCC(=O)c2cc(F)ccc2OC)cc1. The molecule has 0 atom stereocenters. The third-order valence-corrected chi connectivity index (χ3v) is 4.29. The van der Waals surface area contributed by atoms with Crippen LogP contribution in [0.1, 0.15) is 40.1 Å². The second-order valence-electron chi connectivity index (χ2n) is 6.00. The predicted molar refractivity (Wildman–Crippen MR) is 101 cm³/mol. The van der Waals surface area contributed by atoms with Crippen LogP contribution in [0.25, 0.3) is 0 Å². The number of nitrogens with zero attached hydrogens (tertiary/aromatic N) is 1. The molecule has 0 amide bonds. The van der Waals surface area contributed by atoms with E-state index >= 15 is 0 Å². The first-order valence-corrected chi connectivity index (χ1v) is 8.83. The van der Waals surface area contributed by atoms with E-state index in [1.807, 2.05) is 12.1 Å². The number of hydrogen-bond donors (Lipinski definition) is 0. The normalized spacial score (nSPS) is 10.7. The highest BCUT2D eigenvalue weighted by atomic mass is 19.1. The van der Waals surface area contributed by atoms with Gasteiger partial charge in [0.2, 0.25) is 5.78 Å². The predicted octanol–water partition coefficient (Wildman–Crippen LogP) is 3.72. The zero-order chi connectivity index (χ0) is 19.8. The Bertz CT molecular complexity index is 785. The number of esters is 1. The molecule has 0 heterocycles. The average Bonchev–Trinajstić information content (AvgIpc) is 2.70. The molecular weight excluding hydrogens is 349 g/mol. The van der Waals surface area contributed by atoms with Crippen LogP contribution in [0.15, 0.2) is 42.5 Å². The second-order valence-corrected chi connectivity index (χ2v) is 6.00. The fourth-order valence-electron chi connectivity index (χ4n) is 2.64. The van der Waals surface area contributed by atoms with Gasteiger partial charge in [-0.25, -0.2) is 9.18 Å². The van der Waals surface area contributed by atoms with Crippen molar-refractivity contribution in [1.82, 2.24) is 4.90 Å². The first-order chi connectivity index (χ1) is 13.0. The lowest BCUT2D eigenvalue weighted by Crippen LogP contribution is -2.22. The first kappa shape index (κ1) is 20.6. The summed E-state index contributed by atoms with van der Waals surface area (Å²) >= 11 is 0. The zero-order valence-corrected chi connectivity index (χ0v) is 15.8. The van der Waals surface area contributed by atoms with Crippen LogP contribution < -0.4 is 4.74 Å². The van der Waals surface area contributed by atoms with Gasteiger partial charge in [-0.2, -0.15) is 0 Å². The van der Waals surface area contributed by atoms with Crippen LogP contribution in [0.3, 0.4) is 0 Å². The molecule has 0 bridgehead atoms. The molecule has 0 N–H and O–H groups in total. The summed E-state index contributed by atoms with van der Waals surface area (Å²) in [7, 11) is 1.38. The van der Waals surface area contributed by atoms with Crippen LogP contribution in [0.2, 0.25) is 0 Å². The van der Waals surface area contributed by atoms with E-state index < -0.39 is 24.2 Å². The Morgan fingerprint density at radius 1 is 1.04 bits per heavy atom. The Labute approximate surface area is 158 Å². The van der Waals surface area contributed by atoms with Crippen molar-refractivity contribution in [2.75, 3.05) is 26.8 Å². The lowest BCUT2D eigenvalue weighted by Gasteiger charge is -2.17. The molecular formula is C21H24FNO4. The van der Waals surface area contributed by atoms with Crippen molar-refractivity contribution in [2.45, 2.75) is 20.4 Å². The smallest absolute Gasteiger partial charge is 0.338 e. The number of hydrogen-bond acceptors (Lipinski definition) is 5. The van der Waals surface area contributed by atoms with Gasteiger partial charge in [-0.15, -0.1) is 0 Å². The summed E-state index contributed by atoms with van der Waals surface area (Å²) in [6.07, 6.45) is 0. The summed E-state index contributed by atoms with van der Waals surface area (Å²) in [6.45, 7) is 6.41. The molecule has 5 nitrogen and oxygen atoms in total. The molecule has 0 saturated heterocycles. The minimum absolute atomic E-state index is 0.0415. The highest BCUT2D eigenvalue weighted by Gasteiger charge is 2.16. The van der Waals surface area contributed by atoms with Gasteiger partial charge in [-0.3, -0.25) is 9.69 Å². The number of methoxy groups -OCH3 is 1. The minimum atomic E-state index is -0.604. The van der Waals surface area contributed by atoms with Crippen LogP contribution >= 0.6 is 0 Å². The number of Topliss-reactive ketones (excluding diaryl/α,β-unsaturated/α-hetero) is 1. The molecule has 0 aromatic heterocycles. The van der Waals surface area contributed by atoms with E-state index in [0.717, 1.165) is 31.3 Å². The number of carbonyl (C=O) groups is 2. The summed E-state index contributed by atoms with van der Waals surface area (Å²) in [5, 5.41) is 0. The highest BCUT2D eigenvalue weighted by Crippen LogP contribution is 2.20. The quantitative estimate of drug-likeness (QED) is 0.495. The zero-order valence-electron chi connectivity index (χ0n) is 15.8. The molecule has 0 spiro atoms. The van der Waals surface area contributed by atoms with E-state index in [1.165, 1.54) is 19.2 Å². The lowest BCUT2D eigenvalue weighted by atomic mass is 10.1. The Kier molecular flexibility index (Phi) is 7.49. The highest BCUT2D eigenvalue weighted by molar-refractivity contribution is 6.01. The average molecular weight is 373 g/mol. The summed E-state index contributed by atoms with van der Waals surface area (Å²) < 4.78 is 23.5. The molecule has 0 aliphatic heterocycles. The molecule has 27 heavy (non-hydrogen) atoms. The number of halogens is 1. The number of benzene rings is 2. The first-order valence-electron chi connectivity index (χ1n) is 8.83. The van der Waals surface area contributed by atoms with Crippen molar-refractivity contribution in [1.29, 1.82) is 0 Å². The summed E-state index contributed by atoms with van der Waals surface area (Å²) in [5.41, 5.74) is 1.49. The topological polar surface area (TPSA) is 55.8 Å². The van der Waals surface area contributed by atoms with E-state index in [2.05, 4.69) is 18.7 Å². The van der Waals surface area contributed by atoms with E-state index in [1.54, 1.807) is 12.1 Å². The number of ether oxygens (including phenoxy) is 2. The fraction of sp³-hybridized carbons (Fsp3) is 0.333. The van der Waals surface area contributed by atoms with Crippen molar-refractivity contribution in [2.24, 2.45) is 0 Å². The van der Waals surface area contributed by atoms with Crippen LogP contribution in [-0.2, 0) is 11.3 Å². The fourth-order valence-corrected chi connectivity index (χ4v) is 2.64. The Hall–Kier alpha value is -2.73. The van der Waals surface area contributed by atoms with Crippen molar-refractivity contribution < 1.29 is 23.5 Å². The van der Waals surface area contributed by atoms with Gasteiger partial charge < -0.3 is 9.47 Å². The van der Waals surface area contributed by atoms with Crippen molar-refractivity contribution in [3.63, 3.8) is 0 Å². The van der Waals surface area contributed by atoms with Gasteiger partial charge in [0.15, 0.2) is 6.61 Å². The minimum Gasteiger partial charge on any atom is -0.496 e. The molecule has 2 aromatic carbocycles. The molecule has 0 aliphatic carbocycles. The van der Waals surface area contributed by atoms with Crippen LogP contribution in [-0.4, -0.2) is 43.5 Å². The number of rotatable bonds is 9. The van der Waals surface area contributed by atoms with Crippen LogP contribution in [0, 0.1) is 5.82 Å². The maximum absolute atomic E-state index is 13.4. The van der Waals surface area contributed by atoms with E-state index in [0.29, 0.717) is 5.56 Å². The lowest BCUT2D eigenvalue weighted by molar-refractivity contribution is 0.0474. The van der Waals surface area contributed by atoms with E-state index in [9.17, 15) is 14.0 Å². The third kappa shape index (κ3) is 5.62. The van der Waals surface area contributed by atoms with Crippen molar-refractivity contribution >= 4 is 11.8 Å². The van der Waals surface area contributed by atoms with Crippen molar-refractivity contribution in [3.05, 3.63) is 65.0 Å². The second kappa shape index (κ2) is 9.83. The maximum Gasteiger partial charge on any atom is 0.338 e. The van der Waals surface area contributed by atoms with Gasteiger partial charge >= 0.3 is 5.97 Å². The largest absolute Gasteiger partial charge is 0.496 e. The Morgan fingerprint density at radius 2 is 1.70 bits per heavy atom. The van der Waals surface area contributed by atoms with E-state index in [-0.39, 0.29) is 11.3 Å². The maximum atomic E-state index is 13.4. The molecule has 144 valence electrons. The molecule has 0 radical (unpaired) electrons. The number of ketones is 1. The summed E-state index contributed by atoms with van der Waals surface area (Å²) in [4.78, 5) is 26.6. The Morgan fingerprint density at radius 3 is 2.30 bits per heavy atom.